The minimum atomic E-state index is -0.543. The van der Waals surface area contributed by atoms with Gasteiger partial charge >= 0.3 is 11.9 Å². The zero-order chi connectivity index (χ0) is 19.0. The lowest BCUT2D eigenvalue weighted by atomic mass is 9.98. The molecule has 0 saturated carbocycles. The van der Waals surface area contributed by atoms with Crippen molar-refractivity contribution in [3.63, 3.8) is 0 Å². The lowest BCUT2D eigenvalue weighted by Crippen LogP contribution is -3.15. The van der Waals surface area contributed by atoms with Crippen molar-refractivity contribution >= 4 is 23.3 Å². The number of carbonyl (C=O) groups is 3. The fraction of sp³-hybridized carbons (Fsp3) is 0.526. The standard InChI is InChI=1S/C19H22N2O6/c1-2-25-19(24)12-4-3-5-20(10-12)11-21-14-9-16-15(26-6-7-27-16)8-13(14)17(22)18(21)23/h8-9,12H,2-7,10-11H2,1H3/p+1/t12-/m1/s1. The van der Waals surface area contributed by atoms with Crippen molar-refractivity contribution in [3.05, 3.63) is 17.7 Å². The van der Waals surface area contributed by atoms with Gasteiger partial charge in [0.15, 0.2) is 18.2 Å². The summed E-state index contributed by atoms with van der Waals surface area (Å²) in [4.78, 5) is 39.6. The highest BCUT2D eigenvalue weighted by atomic mass is 16.6. The maximum Gasteiger partial charge on any atom is 0.314 e. The molecule has 1 saturated heterocycles. The first-order valence-electron chi connectivity index (χ1n) is 9.38. The summed E-state index contributed by atoms with van der Waals surface area (Å²) >= 11 is 0. The van der Waals surface area contributed by atoms with Crippen LogP contribution in [0.5, 0.6) is 11.5 Å². The molecule has 3 aliphatic rings. The SMILES string of the molecule is CCOC(=O)[C@@H]1CCC[NH+](CN2C(=O)C(=O)c3cc4c(cc32)OCCO4)C1. The molecule has 1 N–H and O–H groups in total. The summed E-state index contributed by atoms with van der Waals surface area (Å²) in [6.07, 6.45) is 1.67. The number of benzene rings is 1. The van der Waals surface area contributed by atoms with E-state index in [0.717, 1.165) is 24.3 Å². The van der Waals surface area contributed by atoms with Gasteiger partial charge in [-0.05, 0) is 25.8 Å². The van der Waals surface area contributed by atoms with Crippen molar-refractivity contribution in [3.8, 4) is 11.5 Å². The van der Waals surface area contributed by atoms with E-state index in [4.69, 9.17) is 14.2 Å². The molecule has 4 rings (SSSR count). The number of rotatable bonds is 4. The van der Waals surface area contributed by atoms with Crippen LogP contribution in [0.2, 0.25) is 0 Å². The van der Waals surface area contributed by atoms with E-state index in [1.807, 2.05) is 0 Å². The van der Waals surface area contributed by atoms with E-state index in [0.29, 0.717) is 55.8 Å². The zero-order valence-corrected chi connectivity index (χ0v) is 15.3. The molecule has 0 aromatic heterocycles. The van der Waals surface area contributed by atoms with E-state index in [1.165, 1.54) is 4.90 Å². The van der Waals surface area contributed by atoms with E-state index < -0.39 is 11.7 Å². The molecular formula is C19H23N2O6+. The summed E-state index contributed by atoms with van der Waals surface area (Å²) in [5.41, 5.74) is 0.905. The predicted octanol–water partition coefficient (Wildman–Crippen LogP) is -0.197. The van der Waals surface area contributed by atoms with Crippen molar-refractivity contribution < 1.29 is 33.5 Å². The minimum absolute atomic E-state index is 0.165. The Morgan fingerprint density at radius 2 is 2.00 bits per heavy atom. The molecule has 8 heteroatoms. The number of quaternary nitrogens is 1. The third-order valence-electron chi connectivity index (χ3n) is 5.25. The number of hydrogen-bond acceptors (Lipinski definition) is 6. The highest BCUT2D eigenvalue weighted by Gasteiger charge is 2.41. The molecule has 3 heterocycles. The van der Waals surface area contributed by atoms with E-state index in [1.54, 1.807) is 19.1 Å². The number of anilines is 1. The molecule has 144 valence electrons. The Kier molecular flexibility index (Phi) is 4.73. The van der Waals surface area contributed by atoms with Gasteiger partial charge in [0.1, 0.15) is 19.1 Å². The average Bonchev–Trinajstić information content (AvgIpc) is 2.91. The molecule has 1 aromatic carbocycles. The summed E-state index contributed by atoms with van der Waals surface area (Å²) in [6.45, 7) is 4.79. The van der Waals surface area contributed by atoms with Crippen LogP contribution in [0.15, 0.2) is 12.1 Å². The number of ketones is 1. The largest absolute Gasteiger partial charge is 0.486 e. The predicted molar refractivity (Wildman–Crippen MR) is 94.2 cm³/mol. The second-order valence-electron chi connectivity index (χ2n) is 7.03. The fourth-order valence-corrected chi connectivity index (χ4v) is 3.97. The number of piperidine rings is 1. The number of nitrogens with zero attached hydrogens (tertiary/aromatic N) is 1. The first kappa shape index (κ1) is 17.8. The van der Waals surface area contributed by atoms with Crippen LogP contribution >= 0.6 is 0 Å². The Hall–Kier alpha value is -2.61. The summed E-state index contributed by atoms with van der Waals surface area (Å²) in [6, 6.07) is 3.30. The van der Waals surface area contributed by atoms with E-state index >= 15 is 0 Å². The molecule has 27 heavy (non-hydrogen) atoms. The van der Waals surface area contributed by atoms with Gasteiger partial charge < -0.3 is 19.1 Å². The maximum atomic E-state index is 12.6. The molecule has 0 bridgehead atoms. The van der Waals surface area contributed by atoms with Crippen LogP contribution in [0.4, 0.5) is 5.69 Å². The van der Waals surface area contributed by atoms with Gasteiger partial charge in [0.25, 0.3) is 5.78 Å². The summed E-state index contributed by atoms with van der Waals surface area (Å²) in [5.74, 6) is -0.375. The van der Waals surface area contributed by atoms with Gasteiger partial charge in [-0.2, -0.15) is 0 Å². The molecule has 1 fully saturated rings. The molecule has 1 amide bonds. The first-order valence-corrected chi connectivity index (χ1v) is 9.38. The van der Waals surface area contributed by atoms with Crippen molar-refractivity contribution in [2.24, 2.45) is 5.92 Å². The number of esters is 1. The average molecular weight is 375 g/mol. The van der Waals surface area contributed by atoms with Gasteiger partial charge in [-0.1, -0.05) is 0 Å². The van der Waals surface area contributed by atoms with Crippen LogP contribution in [0.3, 0.4) is 0 Å². The quantitative estimate of drug-likeness (QED) is 0.580. The number of nitrogens with one attached hydrogen (secondary N) is 1. The van der Waals surface area contributed by atoms with Crippen molar-refractivity contribution in [2.75, 3.05) is 44.5 Å². The second kappa shape index (κ2) is 7.19. The molecule has 0 spiro atoms. The second-order valence-corrected chi connectivity index (χ2v) is 7.03. The van der Waals surface area contributed by atoms with Crippen LogP contribution in [-0.2, 0) is 14.3 Å². The third-order valence-corrected chi connectivity index (χ3v) is 5.25. The third kappa shape index (κ3) is 3.25. The normalized spacial score (nSPS) is 24.0. The summed E-state index contributed by atoms with van der Waals surface area (Å²) in [7, 11) is 0. The molecule has 3 aliphatic heterocycles. The number of carbonyl (C=O) groups excluding carboxylic acids is 3. The van der Waals surface area contributed by atoms with Gasteiger partial charge in [-0.25, -0.2) is 0 Å². The Balaban J connectivity index is 1.54. The molecule has 0 aliphatic carbocycles. The lowest BCUT2D eigenvalue weighted by Gasteiger charge is -2.31. The number of likely N-dealkylation sites (tertiary alicyclic amines) is 1. The van der Waals surface area contributed by atoms with Gasteiger partial charge in [-0.3, -0.25) is 19.3 Å². The van der Waals surface area contributed by atoms with Gasteiger partial charge in [0.05, 0.1) is 30.9 Å². The highest BCUT2D eigenvalue weighted by Crippen LogP contribution is 2.40. The zero-order valence-electron chi connectivity index (χ0n) is 15.3. The smallest absolute Gasteiger partial charge is 0.314 e. The Bertz CT molecular complexity index is 793. The Morgan fingerprint density at radius 3 is 2.74 bits per heavy atom. The van der Waals surface area contributed by atoms with Crippen molar-refractivity contribution in [1.29, 1.82) is 0 Å². The van der Waals surface area contributed by atoms with Crippen LogP contribution in [0.25, 0.3) is 0 Å². The lowest BCUT2D eigenvalue weighted by molar-refractivity contribution is -0.906. The van der Waals surface area contributed by atoms with Crippen LogP contribution in [0.1, 0.15) is 30.1 Å². The number of amides is 1. The van der Waals surface area contributed by atoms with Gasteiger partial charge in [0, 0.05) is 6.07 Å². The summed E-state index contributed by atoms with van der Waals surface area (Å²) in [5, 5.41) is 0. The van der Waals surface area contributed by atoms with Crippen LogP contribution in [0, 0.1) is 5.92 Å². The van der Waals surface area contributed by atoms with Gasteiger partial charge in [0.2, 0.25) is 0 Å². The summed E-state index contributed by atoms with van der Waals surface area (Å²) < 4.78 is 16.2. The number of Topliss-reactive ketones (excluding diaryl/α,β-unsaturated/α-hetero) is 1. The minimum Gasteiger partial charge on any atom is -0.486 e. The Labute approximate surface area is 157 Å². The van der Waals surface area contributed by atoms with E-state index in [-0.39, 0.29) is 11.9 Å². The molecule has 8 nitrogen and oxygen atoms in total. The number of ether oxygens (including phenoxy) is 3. The maximum absolute atomic E-state index is 12.6. The topological polar surface area (TPSA) is 86.6 Å². The monoisotopic (exact) mass is 375 g/mol. The molecular weight excluding hydrogens is 352 g/mol. The molecule has 2 atom stereocenters. The van der Waals surface area contributed by atoms with Crippen LogP contribution < -0.4 is 19.3 Å². The number of hydrogen-bond donors (Lipinski definition) is 1. The van der Waals surface area contributed by atoms with E-state index in [9.17, 15) is 14.4 Å². The molecule has 1 aromatic rings. The number of fused-ring (bicyclic) bond motifs is 2. The Morgan fingerprint density at radius 1 is 1.26 bits per heavy atom. The fourth-order valence-electron chi connectivity index (χ4n) is 3.97. The van der Waals surface area contributed by atoms with Gasteiger partial charge in [-0.15, -0.1) is 0 Å². The first-order chi connectivity index (χ1) is 13.1. The van der Waals surface area contributed by atoms with E-state index in [2.05, 4.69) is 0 Å². The van der Waals surface area contributed by atoms with Crippen molar-refractivity contribution in [1.82, 2.24) is 0 Å². The van der Waals surface area contributed by atoms with Crippen molar-refractivity contribution in [2.45, 2.75) is 19.8 Å². The van der Waals surface area contributed by atoms with Crippen LogP contribution in [-0.4, -0.2) is 57.2 Å². The highest BCUT2D eigenvalue weighted by molar-refractivity contribution is 6.52. The molecule has 1 unspecified atom stereocenters. The molecule has 0 radical (unpaired) electrons.